The first kappa shape index (κ1) is 128. The van der Waals surface area contributed by atoms with Gasteiger partial charge >= 0.3 is 0 Å². The number of hydrogen-bond acceptors (Lipinski definition) is 19. The van der Waals surface area contributed by atoms with Crippen molar-refractivity contribution in [2.24, 2.45) is 0 Å². The van der Waals surface area contributed by atoms with E-state index in [4.69, 9.17) is 28.4 Å². The minimum absolute atomic E-state index is 0. The van der Waals surface area contributed by atoms with Crippen molar-refractivity contribution in [1.29, 1.82) is 0 Å². The van der Waals surface area contributed by atoms with Crippen LogP contribution in [-0.2, 0) is 4.74 Å². The second-order valence-electron chi connectivity index (χ2n) is 40.8. The van der Waals surface area contributed by atoms with Gasteiger partial charge in [0.15, 0.2) is 0 Å². The van der Waals surface area contributed by atoms with E-state index in [-0.39, 0.29) is 44.6 Å². The molecule has 19 nitrogen and oxygen atoms in total. The van der Waals surface area contributed by atoms with E-state index in [2.05, 4.69) is 340 Å². The van der Waals surface area contributed by atoms with Crippen LogP contribution in [0.5, 0.6) is 28.7 Å². The SMILES string of the molecule is C.C.C.C.C.C.CC(C)c1ccc(N2CCN(C)CC2)c(C(C)C)c1.CC(C)c1ccc(OCCN2CCN(O)CC2)c(C(C)C)c1.CC(C)c1ccc(OCCN2CCN(O)CC2)c(C(C)C)c1.CC(C)c1ccc(OCCN2CCOCC2)c(C(C)C)c1.CCN1CCN(CCOc2ccc(C(C)C)cc2C(C)C)CC1.CCN1CCN(CCOc2ccc(C(C)C)cc2C(C)C)CC1. The summed E-state index contributed by atoms with van der Waals surface area (Å²) in [6.07, 6.45) is 0. The Hall–Kier alpha value is -6.40. The minimum Gasteiger partial charge on any atom is -0.492 e. The van der Waals surface area contributed by atoms with E-state index < -0.39 is 0 Å². The molecule has 0 bridgehead atoms. The Morgan fingerprint density at radius 1 is 0.243 bits per heavy atom. The summed E-state index contributed by atoms with van der Waals surface area (Å²) in [5.74, 6) is 11.6. The number of anilines is 1. The van der Waals surface area contributed by atoms with Crippen molar-refractivity contribution in [2.45, 2.75) is 296 Å². The van der Waals surface area contributed by atoms with E-state index in [0.717, 1.165) is 173 Å². The normalized spacial score (nSPS) is 16.5. The maximum atomic E-state index is 9.37. The van der Waals surface area contributed by atoms with Gasteiger partial charge in [-0.3, -0.25) is 24.5 Å². The predicted octanol–water partition coefficient (Wildman–Crippen LogP) is 25.7. The number of ether oxygens (including phenoxy) is 6. The Kier molecular flexibility index (Phi) is 63.0. The summed E-state index contributed by atoms with van der Waals surface area (Å²) in [5.41, 5.74) is 17.9. The number of hydrogen-bond donors (Lipinski definition) is 2. The van der Waals surface area contributed by atoms with Crippen LogP contribution in [0.2, 0.25) is 0 Å². The fourth-order valence-electron chi connectivity index (χ4n) is 17.1. The summed E-state index contributed by atoms with van der Waals surface area (Å²) >= 11 is 0. The first-order chi connectivity index (χ1) is 62.0. The van der Waals surface area contributed by atoms with Crippen LogP contribution in [0.3, 0.4) is 0 Å². The summed E-state index contributed by atoms with van der Waals surface area (Å²) in [4.78, 5) is 22.1. The topological polar surface area (TPSA) is 131 Å². The van der Waals surface area contributed by atoms with Gasteiger partial charge in [-0.1, -0.05) is 297 Å². The smallest absolute Gasteiger partial charge is 0.122 e. The van der Waals surface area contributed by atoms with E-state index >= 15 is 0 Å². The summed E-state index contributed by atoms with van der Waals surface area (Å²) in [6.45, 7) is 93.5. The van der Waals surface area contributed by atoms with E-state index in [9.17, 15) is 10.4 Å². The van der Waals surface area contributed by atoms with Crippen LogP contribution in [0.4, 0.5) is 5.69 Å². The van der Waals surface area contributed by atoms with Crippen LogP contribution in [0, 0.1) is 0 Å². The third-order valence-corrected chi connectivity index (χ3v) is 26.7. The first-order valence-corrected chi connectivity index (χ1v) is 50.9. The lowest BCUT2D eigenvalue weighted by atomic mass is 9.93. The molecule has 6 heterocycles. The summed E-state index contributed by atoms with van der Waals surface area (Å²) in [6, 6.07) is 40.3. The lowest BCUT2D eigenvalue weighted by Crippen LogP contribution is -2.47. The standard InChI is InChI=1S/2C20H34N2O.2C18H30N2O2.C18H29NO2.C17H28N2.6CH4/c2*1-6-21-9-11-22(12-10-21)13-14-23-20-8-7-18(16(2)3)15-19(20)17(4)5;2*1-14(2)16-5-6-18(17(13-16)15(3)4)22-12-11-19-7-9-20(21)10-8-19;1-14(2)16-5-6-18(17(13-16)15(3)4)21-12-9-19-7-10-20-11-8-19;1-13(2)15-6-7-17(16(12-15)14(3)4)19-10-8-18(5)9-11-19;;;;;;/h2*7-8,15-17H,6,9-14H2,1-5H3;2*5-6,13-15,21H,7-12H2,1-4H3;5-6,13-15H,7-12H2,1-4H3;6-7,12-14H,8-11H2,1-5H3;6*1H4. The van der Waals surface area contributed by atoms with Gasteiger partial charge in [0.1, 0.15) is 61.8 Å². The Labute approximate surface area is 837 Å². The van der Waals surface area contributed by atoms with Gasteiger partial charge in [-0.05, 0) is 194 Å². The number of hydroxylamine groups is 4. The Morgan fingerprint density at radius 3 is 0.654 bits per heavy atom. The second kappa shape index (κ2) is 67.1. The van der Waals surface area contributed by atoms with Gasteiger partial charge in [-0.2, -0.15) is 10.1 Å². The van der Waals surface area contributed by atoms with Crippen LogP contribution < -0.4 is 28.6 Å². The van der Waals surface area contributed by atoms with Crippen LogP contribution >= 0.6 is 0 Å². The highest BCUT2D eigenvalue weighted by molar-refractivity contribution is 5.57. The van der Waals surface area contributed by atoms with Crippen molar-refractivity contribution < 1.29 is 38.8 Å². The maximum Gasteiger partial charge on any atom is 0.122 e. The fourth-order valence-corrected chi connectivity index (χ4v) is 17.1. The molecule has 0 radical (unpaired) electrons. The zero-order chi connectivity index (χ0) is 95.1. The molecule has 0 atom stereocenters. The van der Waals surface area contributed by atoms with Crippen LogP contribution in [0.25, 0.3) is 0 Å². The number of likely N-dealkylation sites (N-methyl/N-ethyl adjacent to an activating group) is 3. The van der Waals surface area contributed by atoms with Crippen LogP contribution in [0.15, 0.2) is 109 Å². The molecule has 0 amide bonds. The molecule has 6 aliphatic rings. The quantitative estimate of drug-likeness (QED) is 0.0391. The molecule has 19 heteroatoms. The van der Waals surface area contributed by atoms with Crippen molar-refractivity contribution in [2.75, 3.05) is 248 Å². The van der Waals surface area contributed by atoms with E-state index in [1.807, 2.05) is 0 Å². The van der Waals surface area contributed by atoms with E-state index in [0.29, 0.717) is 84.2 Å². The van der Waals surface area contributed by atoms with E-state index in [1.165, 1.54) is 161 Å². The first-order valence-electron chi connectivity index (χ1n) is 50.9. The van der Waals surface area contributed by atoms with Crippen LogP contribution in [0.1, 0.15) is 362 Å². The van der Waals surface area contributed by atoms with Gasteiger partial charge in [0, 0.05) is 182 Å². The molecule has 0 saturated carbocycles. The Morgan fingerprint density at radius 2 is 0.441 bits per heavy atom. The molecule has 780 valence electrons. The number of nitrogens with zero attached hydrogens (tertiary/aromatic N) is 11. The third kappa shape index (κ3) is 44.0. The maximum absolute atomic E-state index is 9.37. The van der Waals surface area contributed by atoms with Gasteiger partial charge in [0.05, 0.1) is 13.2 Å². The molecule has 6 fully saturated rings. The van der Waals surface area contributed by atoms with E-state index in [1.54, 1.807) is 0 Å². The lowest BCUT2D eigenvalue weighted by molar-refractivity contribution is -0.118. The molecule has 6 aromatic rings. The molecular weight excluding hydrogens is 1690 g/mol. The molecule has 0 aliphatic carbocycles. The molecule has 6 saturated heterocycles. The van der Waals surface area contributed by atoms with Crippen molar-refractivity contribution in [1.82, 2.24) is 49.3 Å². The fraction of sp³-hybridized carbons (Fsp3) is 0.692. The Bertz CT molecular complexity index is 3910. The average Bonchev–Trinajstić information content (AvgIpc) is 0.801. The predicted molar refractivity (Wildman–Crippen MR) is 589 cm³/mol. The van der Waals surface area contributed by atoms with Crippen molar-refractivity contribution in [3.05, 3.63) is 176 Å². The average molecular weight is 1900 g/mol. The van der Waals surface area contributed by atoms with Gasteiger partial charge in [0.2, 0.25) is 0 Å². The number of piperazine rings is 5. The van der Waals surface area contributed by atoms with Gasteiger partial charge in [-0.15, -0.1) is 0 Å². The number of benzene rings is 6. The van der Waals surface area contributed by atoms with Crippen LogP contribution in [-0.4, -0.2) is 303 Å². The molecule has 6 aliphatic heterocycles. The number of rotatable bonds is 35. The minimum atomic E-state index is 0. The number of morpholine rings is 1. The van der Waals surface area contributed by atoms with Gasteiger partial charge < -0.3 is 58.4 Å². The zero-order valence-corrected chi connectivity index (χ0v) is 87.0. The van der Waals surface area contributed by atoms with Crippen molar-refractivity contribution >= 4 is 5.69 Å². The molecule has 0 spiro atoms. The molecule has 12 rings (SSSR count). The highest BCUT2D eigenvalue weighted by Crippen LogP contribution is 2.37. The lowest BCUT2D eigenvalue weighted by Gasteiger charge is -2.36. The molecule has 0 aromatic heterocycles. The van der Waals surface area contributed by atoms with Gasteiger partial charge in [-0.25, -0.2) is 0 Å². The van der Waals surface area contributed by atoms with Crippen molar-refractivity contribution in [3.63, 3.8) is 0 Å². The second-order valence-corrected chi connectivity index (χ2v) is 40.8. The molecule has 0 unspecified atom stereocenters. The molecule has 6 aromatic carbocycles. The Balaban J connectivity index is 0.000000810. The highest BCUT2D eigenvalue weighted by Gasteiger charge is 2.25. The molecule has 136 heavy (non-hydrogen) atoms. The third-order valence-electron chi connectivity index (χ3n) is 26.7. The van der Waals surface area contributed by atoms with Gasteiger partial charge in [0.25, 0.3) is 0 Å². The highest BCUT2D eigenvalue weighted by atomic mass is 16.5. The largest absolute Gasteiger partial charge is 0.492 e. The summed E-state index contributed by atoms with van der Waals surface area (Å²) in [7, 11) is 2.21. The van der Waals surface area contributed by atoms with Crippen molar-refractivity contribution in [3.8, 4) is 28.7 Å². The zero-order valence-electron chi connectivity index (χ0n) is 87.0. The monoisotopic (exact) mass is 1900 g/mol. The molecule has 2 N–H and O–H groups in total. The summed E-state index contributed by atoms with van der Waals surface area (Å²) < 4.78 is 35.8. The molecular formula is C117H209N11O8. The summed E-state index contributed by atoms with van der Waals surface area (Å²) in [5, 5.41) is 21.5.